The lowest BCUT2D eigenvalue weighted by molar-refractivity contribution is 0.102. The summed E-state index contributed by atoms with van der Waals surface area (Å²) in [5.41, 5.74) is 3.57. The standard InChI is InChI=1S/C24H19N3O2S/c28-23(19-10-4-5-11-22(19)29-18-8-2-1-3-9-18)26-20-12-14-27-21(20)16-30-24(27)17-7-6-13-25-15-17/h1-15,24H,16H2,(H,26,28). The molecule has 0 spiro atoms. The highest BCUT2D eigenvalue weighted by molar-refractivity contribution is 7.99. The highest BCUT2D eigenvalue weighted by atomic mass is 32.2. The van der Waals surface area contributed by atoms with E-state index in [2.05, 4.69) is 20.9 Å². The largest absolute Gasteiger partial charge is 0.457 e. The van der Waals surface area contributed by atoms with E-state index >= 15 is 0 Å². The second kappa shape index (κ2) is 8.08. The average molecular weight is 414 g/mol. The number of fused-ring (bicyclic) bond motifs is 1. The first-order chi connectivity index (χ1) is 14.8. The molecule has 5 nitrogen and oxygen atoms in total. The normalized spacial score (nSPS) is 14.9. The maximum absolute atomic E-state index is 13.1. The van der Waals surface area contributed by atoms with Crippen molar-refractivity contribution < 1.29 is 9.53 Å². The second-order valence-electron chi connectivity index (χ2n) is 6.90. The van der Waals surface area contributed by atoms with Crippen molar-refractivity contribution in [2.45, 2.75) is 11.1 Å². The van der Waals surface area contributed by atoms with Crippen molar-refractivity contribution in [1.29, 1.82) is 0 Å². The number of para-hydroxylation sites is 2. The van der Waals surface area contributed by atoms with E-state index in [0.29, 0.717) is 17.1 Å². The molecule has 30 heavy (non-hydrogen) atoms. The van der Waals surface area contributed by atoms with E-state index in [-0.39, 0.29) is 11.3 Å². The van der Waals surface area contributed by atoms with E-state index < -0.39 is 0 Å². The lowest BCUT2D eigenvalue weighted by atomic mass is 10.2. The molecule has 0 bridgehead atoms. The Morgan fingerprint density at radius 1 is 1.03 bits per heavy atom. The van der Waals surface area contributed by atoms with Crippen molar-refractivity contribution in [3.63, 3.8) is 0 Å². The Bertz CT molecular complexity index is 1180. The maximum Gasteiger partial charge on any atom is 0.259 e. The van der Waals surface area contributed by atoms with E-state index in [1.165, 1.54) is 0 Å². The first-order valence-electron chi connectivity index (χ1n) is 9.64. The van der Waals surface area contributed by atoms with Gasteiger partial charge in [-0.3, -0.25) is 9.78 Å². The molecule has 1 amide bonds. The summed E-state index contributed by atoms with van der Waals surface area (Å²) < 4.78 is 8.14. The summed E-state index contributed by atoms with van der Waals surface area (Å²) in [5.74, 6) is 1.85. The number of carbonyl (C=O) groups is 1. The van der Waals surface area contributed by atoms with E-state index in [9.17, 15) is 4.79 Å². The maximum atomic E-state index is 13.1. The van der Waals surface area contributed by atoms with Gasteiger partial charge in [0.1, 0.15) is 16.9 Å². The highest BCUT2D eigenvalue weighted by Gasteiger charge is 2.27. The van der Waals surface area contributed by atoms with Gasteiger partial charge in [-0.25, -0.2) is 0 Å². The van der Waals surface area contributed by atoms with Gasteiger partial charge in [-0.2, -0.15) is 0 Å². The van der Waals surface area contributed by atoms with Gasteiger partial charge in [0.2, 0.25) is 0 Å². The number of hydrogen-bond acceptors (Lipinski definition) is 4. The second-order valence-corrected chi connectivity index (χ2v) is 7.97. The van der Waals surface area contributed by atoms with E-state index in [1.54, 1.807) is 18.3 Å². The molecule has 1 aliphatic heterocycles. The average Bonchev–Trinajstić information content (AvgIpc) is 3.38. The predicted octanol–water partition coefficient (Wildman–Crippen LogP) is 5.72. The number of amides is 1. The van der Waals surface area contributed by atoms with Gasteiger partial charge in [0.15, 0.2) is 0 Å². The third kappa shape index (κ3) is 3.57. The Balaban J connectivity index is 1.38. The van der Waals surface area contributed by atoms with Crippen LogP contribution in [-0.4, -0.2) is 15.5 Å². The number of carbonyl (C=O) groups excluding carboxylic acids is 1. The van der Waals surface area contributed by atoms with Crippen LogP contribution in [0.15, 0.2) is 91.4 Å². The zero-order valence-corrected chi connectivity index (χ0v) is 16.9. The number of anilines is 1. The van der Waals surface area contributed by atoms with E-state index in [4.69, 9.17) is 4.74 Å². The Labute approximate surface area is 178 Å². The molecule has 0 saturated heterocycles. The molecule has 1 unspecified atom stereocenters. The molecular formula is C24H19N3O2S. The van der Waals surface area contributed by atoms with Crippen molar-refractivity contribution in [2.24, 2.45) is 0 Å². The minimum absolute atomic E-state index is 0.174. The summed E-state index contributed by atoms with van der Waals surface area (Å²) in [7, 11) is 0. The zero-order valence-electron chi connectivity index (χ0n) is 16.1. The Hall–Kier alpha value is -3.51. The minimum atomic E-state index is -0.189. The Kier molecular flexibility index (Phi) is 4.99. The fraction of sp³-hybridized carbons (Fsp3) is 0.0833. The summed E-state index contributed by atoms with van der Waals surface area (Å²) in [5, 5.41) is 3.24. The molecule has 0 radical (unpaired) electrons. The Morgan fingerprint density at radius 3 is 2.70 bits per heavy atom. The number of nitrogens with zero attached hydrogens (tertiary/aromatic N) is 2. The third-order valence-electron chi connectivity index (χ3n) is 4.98. The van der Waals surface area contributed by atoms with Crippen LogP contribution in [-0.2, 0) is 5.75 Å². The molecule has 6 heteroatoms. The lowest BCUT2D eigenvalue weighted by Crippen LogP contribution is -2.13. The number of thioether (sulfide) groups is 1. The van der Waals surface area contributed by atoms with Crippen LogP contribution in [0.25, 0.3) is 0 Å². The molecule has 4 aromatic rings. The number of nitrogens with one attached hydrogen (secondary N) is 1. The minimum Gasteiger partial charge on any atom is -0.457 e. The lowest BCUT2D eigenvalue weighted by Gasteiger charge is -2.12. The van der Waals surface area contributed by atoms with E-state index in [1.807, 2.05) is 78.8 Å². The van der Waals surface area contributed by atoms with Gasteiger partial charge in [0.25, 0.3) is 5.91 Å². The van der Waals surface area contributed by atoms with Gasteiger partial charge in [0, 0.05) is 29.9 Å². The van der Waals surface area contributed by atoms with Crippen molar-refractivity contribution in [1.82, 2.24) is 9.55 Å². The van der Waals surface area contributed by atoms with Gasteiger partial charge >= 0.3 is 0 Å². The van der Waals surface area contributed by atoms with Crippen LogP contribution in [0, 0.1) is 0 Å². The molecule has 3 heterocycles. The number of pyridine rings is 1. The monoisotopic (exact) mass is 413 g/mol. The van der Waals surface area contributed by atoms with Crippen molar-refractivity contribution in [3.05, 3.63) is 108 Å². The van der Waals surface area contributed by atoms with Gasteiger partial charge in [-0.05, 0) is 36.4 Å². The summed E-state index contributed by atoms with van der Waals surface area (Å²) in [6.07, 6.45) is 5.69. The van der Waals surface area contributed by atoms with Gasteiger partial charge in [-0.1, -0.05) is 36.4 Å². The zero-order chi connectivity index (χ0) is 20.3. The molecule has 0 fully saturated rings. The molecule has 0 saturated carbocycles. The van der Waals surface area contributed by atoms with Crippen molar-refractivity contribution >= 4 is 23.4 Å². The molecule has 1 atom stereocenters. The van der Waals surface area contributed by atoms with Crippen LogP contribution in [0.4, 0.5) is 5.69 Å². The fourth-order valence-electron chi connectivity index (χ4n) is 3.53. The molecular weight excluding hydrogens is 394 g/mol. The summed E-state index contributed by atoms with van der Waals surface area (Å²) in [4.78, 5) is 17.3. The van der Waals surface area contributed by atoms with Crippen LogP contribution in [0.2, 0.25) is 0 Å². The number of aromatic nitrogens is 2. The highest BCUT2D eigenvalue weighted by Crippen LogP contribution is 2.43. The van der Waals surface area contributed by atoms with Gasteiger partial charge in [0.05, 0.1) is 16.9 Å². The molecule has 1 N–H and O–H groups in total. The molecule has 2 aromatic heterocycles. The molecule has 1 aliphatic rings. The summed E-state index contributed by atoms with van der Waals surface area (Å²) in [6, 6.07) is 22.7. The van der Waals surface area contributed by atoms with Crippen LogP contribution in [0.1, 0.15) is 27.0 Å². The van der Waals surface area contributed by atoms with Crippen LogP contribution < -0.4 is 10.1 Å². The number of rotatable bonds is 5. The molecule has 2 aromatic carbocycles. The summed E-state index contributed by atoms with van der Waals surface area (Å²) in [6.45, 7) is 0. The van der Waals surface area contributed by atoms with Crippen LogP contribution in [0.3, 0.4) is 0 Å². The van der Waals surface area contributed by atoms with Crippen molar-refractivity contribution in [2.75, 3.05) is 5.32 Å². The van der Waals surface area contributed by atoms with E-state index in [0.717, 1.165) is 22.7 Å². The summed E-state index contributed by atoms with van der Waals surface area (Å²) >= 11 is 1.82. The van der Waals surface area contributed by atoms with Gasteiger partial charge < -0.3 is 14.6 Å². The predicted molar refractivity (Wildman–Crippen MR) is 119 cm³/mol. The molecule has 148 valence electrons. The quantitative estimate of drug-likeness (QED) is 0.455. The number of hydrogen-bond donors (Lipinski definition) is 1. The Morgan fingerprint density at radius 2 is 1.87 bits per heavy atom. The number of benzene rings is 2. The SMILES string of the molecule is O=C(Nc1ccn2c1CSC2c1cccnc1)c1ccccc1Oc1ccccc1. The third-order valence-corrected chi connectivity index (χ3v) is 6.23. The first kappa shape index (κ1) is 18.5. The molecule has 5 rings (SSSR count). The van der Waals surface area contributed by atoms with Crippen molar-refractivity contribution in [3.8, 4) is 11.5 Å². The molecule has 0 aliphatic carbocycles. The van der Waals surface area contributed by atoms with Crippen LogP contribution >= 0.6 is 11.8 Å². The number of ether oxygens (including phenoxy) is 1. The smallest absolute Gasteiger partial charge is 0.259 e. The first-order valence-corrected chi connectivity index (χ1v) is 10.7. The van der Waals surface area contributed by atoms with Gasteiger partial charge in [-0.15, -0.1) is 11.8 Å². The fourth-order valence-corrected chi connectivity index (χ4v) is 4.84. The topological polar surface area (TPSA) is 56.2 Å². The van der Waals surface area contributed by atoms with Crippen LogP contribution in [0.5, 0.6) is 11.5 Å².